The maximum absolute atomic E-state index is 11.9. The normalized spacial score (nSPS) is 12.0. The average molecular weight is 772 g/mol. The Morgan fingerprint density at radius 1 is 0.964 bits per heavy atom. The number of ether oxygens (including phenoxy) is 4. The van der Waals surface area contributed by atoms with Crippen LogP contribution in [-0.4, -0.2) is 68.9 Å². The first kappa shape index (κ1) is 42.5. The second-order valence-electron chi connectivity index (χ2n) is 13.4. The minimum atomic E-state index is -0.756. The highest BCUT2D eigenvalue weighted by molar-refractivity contribution is 5.80. The van der Waals surface area contributed by atoms with E-state index < -0.39 is 22.0 Å². The summed E-state index contributed by atoms with van der Waals surface area (Å²) in [5, 5.41) is 23.6. The molecule has 0 saturated carbocycles. The van der Waals surface area contributed by atoms with E-state index in [2.05, 4.69) is 43.2 Å². The highest BCUT2D eigenvalue weighted by Crippen LogP contribution is 2.40. The molecule has 0 aliphatic rings. The van der Waals surface area contributed by atoms with Crippen LogP contribution in [0.25, 0.3) is 11.1 Å². The van der Waals surface area contributed by atoms with E-state index in [0.29, 0.717) is 22.8 Å². The lowest BCUT2D eigenvalue weighted by molar-refractivity contribution is -0.384. The minimum absolute atomic E-state index is 0.0584. The molecule has 1 amide bonds. The van der Waals surface area contributed by atoms with Crippen molar-refractivity contribution in [2.45, 2.75) is 51.6 Å². The summed E-state index contributed by atoms with van der Waals surface area (Å²) < 4.78 is 32.7. The molecule has 3 aromatic carbocycles. The van der Waals surface area contributed by atoms with Crippen molar-refractivity contribution < 1.29 is 37.5 Å². The molecule has 15 nitrogen and oxygen atoms in total. The topological polar surface area (TPSA) is 184 Å². The first-order valence-electron chi connectivity index (χ1n) is 18.0. The maximum atomic E-state index is 11.9. The molecule has 0 saturated heterocycles. The van der Waals surface area contributed by atoms with Gasteiger partial charge in [-0.1, -0.05) is 26.0 Å². The van der Waals surface area contributed by atoms with Crippen molar-refractivity contribution in [2.24, 2.45) is 5.92 Å². The zero-order valence-electron chi connectivity index (χ0n) is 32.8. The molecule has 0 aliphatic heterocycles. The third-order valence-corrected chi connectivity index (χ3v) is 9.63. The summed E-state index contributed by atoms with van der Waals surface area (Å²) >= 11 is 0. The van der Waals surface area contributed by atoms with Gasteiger partial charge in [-0.2, -0.15) is 5.26 Å². The van der Waals surface area contributed by atoms with Gasteiger partial charge in [-0.25, -0.2) is 4.79 Å². The number of oxazole rings is 1. The number of rotatable bonds is 18. The number of hydrogen-bond acceptors (Lipinski definition) is 12. The van der Waals surface area contributed by atoms with E-state index in [1.54, 1.807) is 40.6 Å². The summed E-state index contributed by atoms with van der Waals surface area (Å²) in [6, 6.07) is 21.7. The van der Waals surface area contributed by atoms with Crippen LogP contribution >= 0.6 is 0 Å². The zero-order chi connectivity index (χ0) is 40.8. The first-order valence-corrected chi connectivity index (χ1v) is 18.0. The number of nitrogens with one attached hydrogen (secondary N) is 1. The Bertz CT molecular complexity index is 2170. The number of nitrogens with zero attached hydrogens (tertiary/aromatic N) is 4. The fourth-order valence-corrected chi connectivity index (χ4v) is 6.34. The molecule has 2 aromatic heterocycles. The number of amides is 1. The number of non-ortho nitro benzene ring substituents is 1. The Balaban J connectivity index is 0.000000264. The highest BCUT2D eigenvalue weighted by atomic mass is 16.6. The van der Waals surface area contributed by atoms with Gasteiger partial charge in [0.15, 0.2) is 28.6 Å². The van der Waals surface area contributed by atoms with Crippen LogP contribution in [0.5, 0.6) is 23.0 Å². The van der Waals surface area contributed by atoms with Crippen molar-refractivity contribution in [1.82, 2.24) is 14.8 Å². The fourth-order valence-electron chi connectivity index (χ4n) is 6.34. The van der Waals surface area contributed by atoms with Gasteiger partial charge in [0.25, 0.3) is 5.69 Å². The van der Waals surface area contributed by atoms with Crippen molar-refractivity contribution in [3.8, 4) is 29.1 Å². The molecule has 0 spiro atoms. The standard InChI is InChI=1S/C27H38N2O4.C14H11N3O6/c1-20(2)27(19-28,22-10-12-24(31-5)26(18-22)33-7)14-8-15-29(3)16-13-21-9-11-23(30-4)25(17-21)32-6;18-13(15-7-10-2-1-5-22-10)8-16-11-4-3-9(17(20)21)6-12(11)23-14(16)19/h9-12,17-18,20H,8,13-16H2,1-7H3;1-6H,7-8H2,(H,15,18). The third kappa shape index (κ3) is 10.5. The molecule has 5 rings (SSSR count). The minimum Gasteiger partial charge on any atom is -0.493 e. The predicted octanol–water partition coefficient (Wildman–Crippen LogP) is 6.51. The number of nitriles is 1. The molecule has 0 aliphatic carbocycles. The van der Waals surface area contributed by atoms with E-state index in [-0.39, 0.29) is 30.3 Å². The molecule has 298 valence electrons. The van der Waals surface area contributed by atoms with Crippen molar-refractivity contribution in [3.05, 3.63) is 111 Å². The van der Waals surface area contributed by atoms with Gasteiger partial charge in [0.05, 0.1) is 69.2 Å². The Hall–Kier alpha value is -6.27. The predicted molar refractivity (Wildman–Crippen MR) is 209 cm³/mol. The summed E-state index contributed by atoms with van der Waals surface area (Å²) in [5.74, 6) is 2.40. The number of benzene rings is 3. The number of nitro groups is 1. The lowest BCUT2D eigenvalue weighted by Crippen LogP contribution is -2.32. The molecule has 0 bridgehead atoms. The van der Waals surface area contributed by atoms with Gasteiger partial charge in [0.1, 0.15) is 12.3 Å². The smallest absolute Gasteiger partial charge is 0.420 e. The maximum Gasteiger partial charge on any atom is 0.420 e. The lowest BCUT2D eigenvalue weighted by Gasteiger charge is -2.32. The van der Waals surface area contributed by atoms with E-state index in [9.17, 15) is 25.0 Å². The Kier molecular flexibility index (Phi) is 15.1. The van der Waals surface area contributed by atoms with Gasteiger partial charge in [-0.15, -0.1) is 0 Å². The first-order chi connectivity index (χ1) is 26.9. The van der Waals surface area contributed by atoms with Gasteiger partial charge in [0, 0.05) is 12.6 Å². The molecule has 0 fully saturated rings. The molecule has 56 heavy (non-hydrogen) atoms. The lowest BCUT2D eigenvalue weighted by atomic mass is 9.69. The van der Waals surface area contributed by atoms with Crippen LogP contribution in [0, 0.1) is 27.4 Å². The number of fused-ring (bicyclic) bond motifs is 1. The third-order valence-electron chi connectivity index (χ3n) is 9.63. The molecular weight excluding hydrogens is 722 g/mol. The summed E-state index contributed by atoms with van der Waals surface area (Å²) in [4.78, 5) is 36.2. The number of hydrogen-bond donors (Lipinski definition) is 1. The zero-order valence-corrected chi connectivity index (χ0v) is 32.8. The monoisotopic (exact) mass is 771 g/mol. The van der Waals surface area contributed by atoms with Gasteiger partial charge >= 0.3 is 5.76 Å². The number of likely N-dealkylation sites (N-methyl/N-ethyl adjacent to an activating group) is 1. The molecule has 15 heteroatoms. The number of nitro benzene ring substituents is 1. The van der Waals surface area contributed by atoms with E-state index in [1.807, 2.05) is 30.3 Å². The second kappa shape index (κ2) is 19.9. The van der Waals surface area contributed by atoms with Gasteiger partial charge in [-0.05, 0) is 92.4 Å². The summed E-state index contributed by atoms with van der Waals surface area (Å²) in [5.41, 5.74) is 1.78. The van der Waals surface area contributed by atoms with Crippen molar-refractivity contribution >= 4 is 22.7 Å². The molecule has 0 radical (unpaired) electrons. The van der Waals surface area contributed by atoms with Gasteiger partial charge < -0.3 is 38.0 Å². The van der Waals surface area contributed by atoms with Crippen molar-refractivity contribution in [3.63, 3.8) is 0 Å². The quantitative estimate of drug-likeness (QED) is 0.0754. The number of methoxy groups -OCH3 is 4. The van der Waals surface area contributed by atoms with E-state index >= 15 is 0 Å². The van der Waals surface area contributed by atoms with Crippen LogP contribution in [0.1, 0.15) is 43.6 Å². The van der Waals surface area contributed by atoms with Gasteiger partial charge in [-0.3, -0.25) is 19.5 Å². The Morgan fingerprint density at radius 3 is 2.25 bits per heavy atom. The number of carbonyl (C=O) groups excluding carboxylic acids is 1. The SMILES string of the molecule is COc1ccc(CCN(C)CCCC(C#N)(c2ccc(OC)c(OC)c2)C(C)C)cc1OC.O=C(Cn1c(=O)oc2cc([N+](=O)[O-])ccc21)NCc1ccco1. The molecule has 1 unspecified atom stereocenters. The summed E-state index contributed by atoms with van der Waals surface area (Å²) in [7, 11) is 8.67. The van der Waals surface area contributed by atoms with Crippen LogP contribution < -0.4 is 30.0 Å². The summed E-state index contributed by atoms with van der Waals surface area (Å²) in [6.07, 6.45) is 4.10. The van der Waals surface area contributed by atoms with Crippen LogP contribution in [0.15, 0.2) is 86.6 Å². The van der Waals surface area contributed by atoms with Crippen molar-refractivity contribution in [2.75, 3.05) is 48.6 Å². The van der Waals surface area contributed by atoms with E-state index in [0.717, 1.165) is 60.0 Å². The van der Waals surface area contributed by atoms with Crippen LogP contribution in [0.4, 0.5) is 5.69 Å². The number of carbonyl (C=O) groups is 1. The molecule has 2 heterocycles. The highest BCUT2D eigenvalue weighted by Gasteiger charge is 2.36. The number of aromatic nitrogens is 1. The molecule has 1 atom stereocenters. The largest absolute Gasteiger partial charge is 0.493 e. The second-order valence-corrected chi connectivity index (χ2v) is 13.4. The van der Waals surface area contributed by atoms with Gasteiger partial charge in [0.2, 0.25) is 5.91 Å². The Morgan fingerprint density at radius 2 is 1.64 bits per heavy atom. The van der Waals surface area contributed by atoms with E-state index in [4.69, 9.17) is 27.8 Å². The van der Waals surface area contributed by atoms with Crippen LogP contribution in [-0.2, 0) is 29.7 Å². The Labute approximate surface area is 325 Å². The summed E-state index contributed by atoms with van der Waals surface area (Å²) in [6.45, 7) is 6.00. The van der Waals surface area contributed by atoms with E-state index in [1.165, 1.54) is 24.0 Å². The fraction of sp³-hybridized carbons (Fsp3) is 0.390. The molecule has 5 aromatic rings. The van der Waals surface area contributed by atoms with Crippen LogP contribution in [0.3, 0.4) is 0 Å². The molecule has 1 N–H and O–H groups in total. The molecular formula is C41H49N5O10. The number of furan rings is 1. The van der Waals surface area contributed by atoms with Crippen molar-refractivity contribution in [1.29, 1.82) is 5.26 Å². The van der Waals surface area contributed by atoms with Crippen LogP contribution in [0.2, 0.25) is 0 Å². The average Bonchev–Trinajstić information content (AvgIpc) is 3.84.